The molecule has 0 aliphatic rings. The van der Waals surface area contributed by atoms with Crippen LogP contribution in [0.25, 0.3) is 22.4 Å². The summed E-state index contributed by atoms with van der Waals surface area (Å²) in [6.45, 7) is 2.13. The Hall–Kier alpha value is -2.00. The quantitative estimate of drug-likeness (QED) is 0.692. The van der Waals surface area contributed by atoms with Crippen molar-refractivity contribution < 1.29 is 0 Å². The van der Waals surface area contributed by atoms with Gasteiger partial charge >= 0.3 is 0 Å². The summed E-state index contributed by atoms with van der Waals surface area (Å²) in [5.41, 5.74) is 10.6. The first-order chi connectivity index (χ1) is 9.19. The standard InChI is InChI=1S/C15H14ClN3/c1-2-9-6-7-12-13(8-9)19-15(18-12)14-10(16)4-3-5-11(14)17/h3-8H,2,17H2,1H3,(H,18,19). The number of hydrogen-bond acceptors (Lipinski definition) is 2. The minimum atomic E-state index is 0.606. The first kappa shape index (κ1) is 12.1. The lowest BCUT2D eigenvalue weighted by atomic mass is 10.1. The van der Waals surface area contributed by atoms with E-state index in [-0.39, 0.29) is 0 Å². The van der Waals surface area contributed by atoms with E-state index in [0.717, 1.165) is 23.0 Å². The molecule has 0 aliphatic carbocycles. The normalized spacial score (nSPS) is 11.1. The molecule has 3 aromatic rings. The van der Waals surface area contributed by atoms with Gasteiger partial charge in [-0.05, 0) is 36.2 Å². The van der Waals surface area contributed by atoms with E-state index in [1.807, 2.05) is 24.3 Å². The van der Waals surface area contributed by atoms with Crippen molar-refractivity contribution in [1.29, 1.82) is 0 Å². The summed E-state index contributed by atoms with van der Waals surface area (Å²) in [4.78, 5) is 7.85. The Morgan fingerprint density at radius 2 is 2.11 bits per heavy atom. The monoisotopic (exact) mass is 271 g/mol. The van der Waals surface area contributed by atoms with Crippen LogP contribution in [0, 0.1) is 0 Å². The van der Waals surface area contributed by atoms with E-state index in [4.69, 9.17) is 17.3 Å². The summed E-state index contributed by atoms with van der Waals surface area (Å²) in [5, 5.41) is 0.606. The molecular formula is C15H14ClN3. The molecule has 1 heterocycles. The van der Waals surface area contributed by atoms with Crippen molar-refractivity contribution in [3.05, 3.63) is 47.0 Å². The van der Waals surface area contributed by atoms with Gasteiger partial charge in [0.15, 0.2) is 0 Å². The molecule has 96 valence electrons. The number of rotatable bonds is 2. The predicted octanol–water partition coefficient (Wildman–Crippen LogP) is 4.03. The third kappa shape index (κ3) is 2.06. The molecule has 0 atom stereocenters. The molecule has 0 unspecified atom stereocenters. The number of anilines is 1. The van der Waals surface area contributed by atoms with Crippen LogP contribution >= 0.6 is 11.6 Å². The van der Waals surface area contributed by atoms with Gasteiger partial charge in [-0.2, -0.15) is 0 Å². The molecule has 0 aliphatic heterocycles. The second kappa shape index (κ2) is 4.59. The molecule has 3 N–H and O–H groups in total. The van der Waals surface area contributed by atoms with Crippen LogP contribution in [0.2, 0.25) is 5.02 Å². The molecule has 3 nitrogen and oxygen atoms in total. The number of H-pyrrole nitrogens is 1. The summed E-state index contributed by atoms with van der Waals surface area (Å²) >= 11 is 6.21. The fourth-order valence-corrected chi connectivity index (χ4v) is 2.46. The second-order valence-corrected chi connectivity index (χ2v) is 4.90. The Morgan fingerprint density at radius 1 is 1.26 bits per heavy atom. The van der Waals surface area contributed by atoms with Gasteiger partial charge in [-0.3, -0.25) is 0 Å². The zero-order chi connectivity index (χ0) is 13.4. The molecule has 4 heteroatoms. The highest BCUT2D eigenvalue weighted by atomic mass is 35.5. The largest absolute Gasteiger partial charge is 0.398 e. The van der Waals surface area contributed by atoms with Crippen molar-refractivity contribution in [3.63, 3.8) is 0 Å². The first-order valence-electron chi connectivity index (χ1n) is 6.22. The van der Waals surface area contributed by atoms with Gasteiger partial charge in [0.2, 0.25) is 0 Å². The number of fused-ring (bicyclic) bond motifs is 1. The van der Waals surface area contributed by atoms with Gasteiger partial charge in [-0.15, -0.1) is 0 Å². The number of nitrogens with two attached hydrogens (primary N) is 1. The van der Waals surface area contributed by atoms with Crippen molar-refractivity contribution in [3.8, 4) is 11.4 Å². The van der Waals surface area contributed by atoms with Gasteiger partial charge < -0.3 is 10.7 Å². The molecule has 1 aromatic heterocycles. The Balaban J connectivity index is 2.21. The zero-order valence-electron chi connectivity index (χ0n) is 10.6. The van der Waals surface area contributed by atoms with Crippen LogP contribution in [0.15, 0.2) is 36.4 Å². The van der Waals surface area contributed by atoms with Gasteiger partial charge in [0.05, 0.1) is 21.6 Å². The molecule has 19 heavy (non-hydrogen) atoms. The number of aromatic amines is 1. The Kier molecular flexibility index (Phi) is 2.91. The van der Waals surface area contributed by atoms with Crippen molar-refractivity contribution in [2.75, 3.05) is 5.73 Å². The van der Waals surface area contributed by atoms with E-state index in [9.17, 15) is 0 Å². The number of nitrogen functional groups attached to an aromatic ring is 1. The summed E-state index contributed by atoms with van der Waals surface area (Å²) in [5.74, 6) is 0.714. The molecule has 0 saturated carbocycles. The molecule has 0 amide bonds. The Bertz CT molecular complexity index is 726. The summed E-state index contributed by atoms with van der Waals surface area (Å²) in [7, 11) is 0. The fraction of sp³-hybridized carbons (Fsp3) is 0.133. The molecule has 3 rings (SSSR count). The van der Waals surface area contributed by atoms with E-state index in [1.54, 1.807) is 0 Å². The van der Waals surface area contributed by atoms with Crippen LogP contribution in [-0.4, -0.2) is 9.97 Å². The SMILES string of the molecule is CCc1ccc2nc(-c3c(N)cccc3Cl)[nH]c2c1. The lowest BCUT2D eigenvalue weighted by Gasteiger charge is -2.03. The smallest absolute Gasteiger partial charge is 0.142 e. The number of aromatic nitrogens is 2. The number of halogens is 1. The van der Waals surface area contributed by atoms with Crippen LogP contribution in [0.1, 0.15) is 12.5 Å². The number of nitrogens with zero attached hydrogens (tertiary/aromatic N) is 1. The molecule has 0 spiro atoms. The third-order valence-corrected chi connectivity index (χ3v) is 3.55. The van der Waals surface area contributed by atoms with E-state index in [1.165, 1.54) is 5.56 Å². The maximum Gasteiger partial charge on any atom is 0.142 e. The maximum absolute atomic E-state index is 6.21. The van der Waals surface area contributed by atoms with Crippen LogP contribution in [0.3, 0.4) is 0 Å². The van der Waals surface area contributed by atoms with E-state index in [2.05, 4.69) is 29.0 Å². The number of benzene rings is 2. The van der Waals surface area contributed by atoms with Crippen LogP contribution in [0.5, 0.6) is 0 Å². The predicted molar refractivity (Wildman–Crippen MR) is 80.3 cm³/mol. The number of nitrogens with one attached hydrogen (secondary N) is 1. The second-order valence-electron chi connectivity index (χ2n) is 4.49. The van der Waals surface area contributed by atoms with E-state index in [0.29, 0.717) is 16.5 Å². The van der Waals surface area contributed by atoms with Gasteiger partial charge in [-0.1, -0.05) is 30.7 Å². The zero-order valence-corrected chi connectivity index (χ0v) is 11.3. The lowest BCUT2D eigenvalue weighted by molar-refractivity contribution is 1.14. The van der Waals surface area contributed by atoms with Gasteiger partial charge in [0, 0.05) is 5.69 Å². The summed E-state index contributed by atoms with van der Waals surface area (Å²) < 4.78 is 0. The first-order valence-corrected chi connectivity index (χ1v) is 6.60. The molecule has 0 bridgehead atoms. The third-order valence-electron chi connectivity index (χ3n) is 3.24. The number of hydrogen-bond donors (Lipinski definition) is 2. The number of imidazole rings is 1. The van der Waals surface area contributed by atoms with Gasteiger partial charge in [0.1, 0.15) is 5.82 Å². The highest BCUT2D eigenvalue weighted by Crippen LogP contribution is 2.32. The molecule has 0 saturated heterocycles. The number of aryl methyl sites for hydroxylation is 1. The average molecular weight is 272 g/mol. The summed E-state index contributed by atoms with van der Waals surface area (Å²) in [6, 6.07) is 11.7. The van der Waals surface area contributed by atoms with Gasteiger partial charge in [0.25, 0.3) is 0 Å². The van der Waals surface area contributed by atoms with Gasteiger partial charge in [-0.25, -0.2) is 4.98 Å². The lowest BCUT2D eigenvalue weighted by Crippen LogP contribution is -1.91. The van der Waals surface area contributed by atoms with E-state index >= 15 is 0 Å². The van der Waals surface area contributed by atoms with Crippen LogP contribution in [-0.2, 0) is 6.42 Å². The van der Waals surface area contributed by atoms with Crippen molar-refractivity contribution in [2.45, 2.75) is 13.3 Å². The Labute approximate surface area is 116 Å². The molecule has 0 radical (unpaired) electrons. The summed E-state index contributed by atoms with van der Waals surface area (Å²) in [6.07, 6.45) is 0.999. The fourth-order valence-electron chi connectivity index (χ4n) is 2.19. The minimum Gasteiger partial charge on any atom is -0.398 e. The van der Waals surface area contributed by atoms with Crippen LogP contribution < -0.4 is 5.73 Å². The highest BCUT2D eigenvalue weighted by molar-refractivity contribution is 6.33. The van der Waals surface area contributed by atoms with Crippen molar-refractivity contribution in [1.82, 2.24) is 9.97 Å². The van der Waals surface area contributed by atoms with Crippen molar-refractivity contribution in [2.24, 2.45) is 0 Å². The van der Waals surface area contributed by atoms with Crippen LogP contribution in [0.4, 0.5) is 5.69 Å². The maximum atomic E-state index is 6.21. The highest BCUT2D eigenvalue weighted by Gasteiger charge is 2.12. The average Bonchev–Trinajstić information content (AvgIpc) is 2.80. The Morgan fingerprint density at radius 3 is 2.84 bits per heavy atom. The topological polar surface area (TPSA) is 54.7 Å². The molecular weight excluding hydrogens is 258 g/mol. The van der Waals surface area contributed by atoms with Crippen molar-refractivity contribution >= 4 is 28.3 Å². The minimum absolute atomic E-state index is 0.606. The molecule has 0 fully saturated rings. The molecule has 2 aromatic carbocycles. The van der Waals surface area contributed by atoms with E-state index < -0.39 is 0 Å².